The zero-order valence-corrected chi connectivity index (χ0v) is 15.1. The minimum absolute atomic E-state index is 0.225. The van der Waals surface area contributed by atoms with E-state index < -0.39 is 0 Å². The van der Waals surface area contributed by atoms with Crippen molar-refractivity contribution in [1.82, 2.24) is 20.0 Å². The van der Waals surface area contributed by atoms with Gasteiger partial charge in [-0.15, -0.1) is 0 Å². The first-order valence-corrected chi connectivity index (χ1v) is 8.98. The maximum Gasteiger partial charge on any atom is 0.217 e. The Morgan fingerprint density at radius 3 is 2.85 bits per heavy atom. The smallest absolute Gasteiger partial charge is 0.217 e. The van der Waals surface area contributed by atoms with Gasteiger partial charge in [0.2, 0.25) is 5.91 Å². The number of carbonyl (C=O) groups excluding carboxylic acids is 1. The molecule has 1 fully saturated rings. The molecule has 1 saturated heterocycles. The van der Waals surface area contributed by atoms with E-state index in [2.05, 4.69) is 44.6 Å². The number of nitrogens with zero attached hydrogens (tertiary/aromatic N) is 4. The van der Waals surface area contributed by atoms with Gasteiger partial charge in [-0.2, -0.15) is 5.10 Å². The predicted octanol–water partition coefficient (Wildman–Crippen LogP) is 1.54. The van der Waals surface area contributed by atoms with Crippen LogP contribution in [0.2, 0.25) is 0 Å². The lowest BCUT2D eigenvalue weighted by Crippen LogP contribution is -2.46. The molecule has 1 aliphatic heterocycles. The molecule has 1 amide bonds. The molecular weight excluding hydrogens is 328 g/mol. The van der Waals surface area contributed by atoms with Gasteiger partial charge in [-0.1, -0.05) is 12.1 Å². The van der Waals surface area contributed by atoms with E-state index in [1.165, 1.54) is 5.56 Å². The van der Waals surface area contributed by atoms with Gasteiger partial charge in [0.15, 0.2) is 5.96 Å². The topological polar surface area (TPSA) is 88.5 Å². The van der Waals surface area contributed by atoms with E-state index in [0.717, 1.165) is 37.6 Å². The van der Waals surface area contributed by atoms with Gasteiger partial charge in [-0.3, -0.25) is 9.79 Å². The Morgan fingerprint density at radius 1 is 1.38 bits per heavy atom. The molecule has 0 saturated carbocycles. The van der Waals surface area contributed by atoms with Gasteiger partial charge in [0, 0.05) is 45.5 Å². The second-order valence-electron chi connectivity index (χ2n) is 6.64. The lowest BCUT2D eigenvalue weighted by Gasteiger charge is -2.34. The number of nitrogens with two attached hydrogens (primary N) is 1. The molecule has 1 aromatic heterocycles. The molecule has 138 valence electrons. The molecule has 2 aromatic rings. The average Bonchev–Trinajstić information content (AvgIpc) is 3.17. The molecule has 7 heteroatoms. The number of aromatic nitrogens is 2. The highest BCUT2D eigenvalue weighted by atomic mass is 16.1. The van der Waals surface area contributed by atoms with Gasteiger partial charge in [0.05, 0.1) is 5.69 Å². The third-order valence-electron chi connectivity index (χ3n) is 4.68. The van der Waals surface area contributed by atoms with E-state index in [0.29, 0.717) is 18.9 Å². The largest absolute Gasteiger partial charge is 0.370 e. The summed E-state index contributed by atoms with van der Waals surface area (Å²) >= 11 is 0. The average molecular weight is 354 g/mol. The summed E-state index contributed by atoms with van der Waals surface area (Å²) in [6.07, 6.45) is 6.24. The Bertz CT molecular complexity index is 738. The standard InChI is InChI=1S/C19H26N6O/c1-21-19(24-10-2-4-16(14-24)12-18(20)26)22-13-15-5-7-17(8-6-15)25-11-3-9-23-25/h3,5-9,11,16H,2,4,10,12-14H2,1H3,(H2,20,26)(H,21,22). The van der Waals surface area contributed by atoms with Crippen molar-refractivity contribution >= 4 is 11.9 Å². The molecule has 1 unspecified atom stereocenters. The number of guanidine groups is 1. The van der Waals surface area contributed by atoms with E-state index in [-0.39, 0.29) is 5.91 Å². The van der Waals surface area contributed by atoms with Gasteiger partial charge < -0.3 is 16.0 Å². The van der Waals surface area contributed by atoms with Gasteiger partial charge >= 0.3 is 0 Å². The number of benzene rings is 1. The fourth-order valence-corrected chi connectivity index (χ4v) is 3.41. The molecule has 7 nitrogen and oxygen atoms in total. The number of primary amides is 1. The van der Waals surface area contributed by atoms with Crippen LogP contribution in [0.25, 0.3) is 5.69 Å². The highest BCUT2D eigenvalue weighted by Gasteiger charge is 2.23. The zero-order chi connectivity index (χ0) is 18.4. The van der Waals surface area contributed by atoms with Crippen molar-refractivity contribution in [2.24, 2.45) is 16.6 Å². The lowest BCUT2D eigenvalue weighted by atomic mass is 9.95. The van der Waals surface area contributed by atoms with Crippen LogP contribution >= 0.6 is 0 Å². The van der Waals surface area contributed by atoms with Crippen LogP contribution in [-0.4, -0.2) is 46.7 Å². The summed E-state index contributed by atoms with van der Waals surface area (Å²) in [5, 5.41) is 7.66. The Hall–Kier alpha value is -2.83. The molecule has 3 rings (SSSR count). The summed E-state index contributed by atoms with van der Waals surface area (Å²) in [4.78, 5) is 17.8. The third-order valence-corrected chi connectivity index (χ3v) is 4.68. The SMILES string of the molecule is CN=C(NCc1ccc(-n2cccn2)cc1)N1CCCC(CC(N)=O)C1. The quantitative estimate of drug-likeness (QED) is 0.630. The van der Waals surface area contributed by atoms with Crippen molar-refractivity contribution in [2.45, 2.75) is 25.8 Å². The van der Waals surface area contributed by atoms with Crippen molar-refractivity contribution in [3.63, 3.8) is 0 Å². The fourth-order valence-electron chi connectivity index (χ4n) is 3.41. The van der Waals surface area contributed by atoms with Gasteiger partial charge in [0.25, 0.3) is 0 Å². The van der Waals surface area contributed by atoms with Crippen molar-refractivity contribution in [3.8, 4) is 5.69 Å². The molecule has 1 aromatic carbocycles. The summed E-state index contributed by atoms with van der Waals surface area (Å²) in [6, 6.07) is 10.2. The Balaban J connectivity index is 1.56. The highest BCUT2D eigenvalue weighted by Crippen LogP contribution is 2.19. The minimum Gasteiger partial charge on any atom is -0.370 e. The molecule has 3 N–H and O–H groups in total. The van der Waals surface area contributed by atoms with Crippen LogP contribution < -0.4 is 11.1 Å². The second-order valence-corrected chi connectivity index (χ2v) is 6.64. The number of likely N-dealkylation sites (tertiary alicyclic amines) is 1. The molecule has 1 aliphatic rings. The van der Waals surface area contributed by atoms with E-state index >= 15 is 0 Å². The van der Waals surface area contributed by atoms with Crippen LogP contribution in [0, 0.1) is 5.92 Å². The van der Waals surface area contributed by atoms with Crippen LogP contribution in [0.15, 0.2) is 47.7 Å². The maximum absolute atomic E-state index is 11.2. The monoisotopic (exact) mass is 354 g/mol. The zero-order valence-electron chi connectivity index (χ0n) is 15.1. The Kier molecular flexibility index (Phi) is 5.88. The molecule has 0 aliphatic carbocycles. The van der Waals surface area contributed by atoms with E-state index in [1.807, 2.05) is 16.9 Å². The first-order chi connectivity index (χ1) is 12.7. The summed E-state index contributed by atoms with van der Waals surface area (Å²) in [7, 11) is 1.79. The number of hydrogen-bond acceptors (Lipinski definition) is 3. The number of carbonyl (C=O) groups is 1. The third kappa shape index (κ3) is 4.62. The molecule has 26 heavy (non-hydrogen) atoms. The van der Waals surface area contributed by atoms with Crippen molar-refractivity contribution < 1.29 is 4.79 Å². The molecular formula is C19H26N6O. The number of amides is 1. The van der Waals surface area contributed by atoms with E-state index in [1.54, 1.807) is 13.2 Å². The van der Waals surface area contributed by atoms with Crippen LogP contribution in [0.4, 0.5) is 0 Å². The van der Waals surface area contributed by atoms with Crippen molar-refractivity contribution in [2.75, 3.05) is 20.1 Å². The van der Waals surface area contributed by atoms with Gasteiger partial charge in [0.1, 0.15) is 0 Å². The molecule has 0 radical (unpaired) electrons. The van der Waals surface area contributed by atoms with E-state index in [9.17, 15) is 4.79 Å². The lowest BCUT2D eigenvalue weighted by molar-refractivity contribution is -0.119. The summed E-state index contributed by atoms with van der Waals surface area (Å²) < 4.78 is 1.84. The normalized spacial score (nSPS) is 18.0. The van der Waals surface area contributed by atoms with Crippen LogP contribution in [0.1, 0.15) is 24.8 Å². The Labute approximate surface area is 153 Å². The Morgan fingerprint density at radius 2 is 2.19 bits per heavy atom. The van der Waals surface area contributed by atoms with Gasteiger partial charge in [-0.25, -0.2) is 4.68 Å². The molecule has 1 atom stereocenters. The number of rotatable bonds is 5. The van der Waals surface area contributed by atoms with E-state index in [4.69, 9.17) is 5.73 Å². The van der Waals surface area contributed by atoms with Crippen LogP contribution in [-0.2, 0) is 11.3 Å². The molecule has 0 bridgehead atoms. The second kappa shape index (κ2) is 8.51. The highest BCUT2D eigenvalue weighted by molar-refractivity contribution is 5.80. The van der Waals surface area contributed by atoms with Gasteiger partial charge in [-0.05, 0) is 42.5 Å². The van der Waals surface area contributed by atoms with Crippen molar-refractivity contribution in [1.29, 1.82) is 0 Å². The predicted molar refractivity (Wildman–Crippen MR) is 102 cm³/mol. The number of aliphatic imine (C=N–C) groups is 1. The summed E-state index contributed by atoms with van der Waals surface area (Å²) in [6.45, 7) is 2.47. The minimum atomic E-state index is -0.225. The van der Waals surface area contributed by atoms with Crippen molar-refractivity contribution in [3.05, 3.63) is 48.3 Å². The molecule has 0 spiro atoms. The first kappa shape index (κ1) is 18.0. The van der Waals surface area contributed by atoms with Crippen LogP contribution in [0.3, 0.4) is 0 Å². The fraction of sp³-hybridized carbons (Fsp3) is 0.421. The summed E-state index contributed by atoms with van der Waals surface area (Å²) in [5.41, 5.74) is 7.56. The summed E-state index contributed by atoms with van der Waals surface area (Å²) in [5.74, 6) is 0.959. The van der Waals surface area contributed by atoms with Crippen LogP contribution in [0.5, 0.6) is 0 Å². The molecule has 2 heterocycles. The number of hydrogen-bond donors (Lipinski definition) is 2. The number of nitrogens with one attached hydrogen (secondary N) is 1. The number of piperidine rings is 1. The first-order valence-electron chi connectivity index (χ1n) is 8.98. The maximum atomic E-state index is 11.2.